The third kappa shape index (κ3) is 3.54. The molecular formula is C12H12ClN3O5. The topological polar surface area (TPSA) is 131 Å². The number of hydrogen-bond donors (Lipinski definition) is 4. The Bertz CT molecular complexity index is 607. The third-order valence-electron chi connectivity index (χ3n) is 2.85. The highest BCUT2D eigenvalue weighted by Crippen LogP contribution is 2.32. The van der Waals surface area contributed by atoms with Crippen LogP contribution in [0.25, 0.3) is 0 Å². The second kappa shape index (κ2) is 5.88. The highest BCUT2D eigenvalue weighted by atomic mass is 35.5. The number of anilines is 1. The first-order chi connectivity index (χ1) is 9.86. The Labute approximate surface area is 124 Å². The summed E-state index contributed by atoms with van der Waals surface area (Å²) >= 11 is 5.80. The molecule has 1 aromatic carbocycles. The number of halogens is 1. The van der Waals surface area contributed by atoms with Gasteiger partial charge in [-0.2, -0.15) is 0 Å². The first-order valence-electron chi connectivity index (χ1n) is 5.92. The van der Waals surface area contributed by atoms with E-state index in [1.807, 2.05) is 5.32 Å². The highest BCUT2D eigenvalue weighted by molar-refractivity contribution is 6.31. The predicted octanol–water partition coefficient (Wildman–Crippen LogP) is 0.551. The Morgan fingerprint density at radius 3 is 2.86 bits per heavy atom. The van der Waals surface area contributed by atoms with Crippen molar-refractivity contribution in [3.8, 4) is 5.75 Å². The van der Waals surface area contributed by atoms with Gasteiger partial charge in [0.2, 0.25) is 5.91 Å². The second-order valence-corrected chi connectivity index (χ2v) is 4.81. The van der Waals surface area contributed by atoms with Crippen LogP contribution in [0.4, 0.5) is 10.5 Å². The Morgan fingerprint density at radius 2 is 2.24 bits per heavy atom. The van der Waals surface area contributed by atoms with Crippen LogP contribution in [0.1, 0.15) is 6.42 Å². The summed E-state index contributed by atoms with van der Waals surface area (Å²) in [5, 5.41) is 13.6. The molecule has 2 rings (SSSR count). The lowest BCUT2D eigenvalue weighted by atomic mass is 10.1. The lowest BCUT2D eigenvalue weighted by Gasteiger charge is -2.27. The molecule has 5 N–H and O–H groups in total. The number of nitrogens with one attached hydrogen (secondary N) is 2. The molecule has 1 aliphatic rings. The largest absolute Gasteiger partial charge is 0.478 e. The average molecular weight is 314 g/mol. The molecule has 1 heterocycles. The van der Waals surface area contributed by atoms with E-state index in [2.05, 4.69) is 5.32 Å². The molecule has 2 atom stereocenters. The average Bonchev–Trinajstić information content (AvgIpc) is 2.38. The standard InChI is InChI=1S/C12H12ClN3O5/c13-5-1-2-8-6(3-5)15-11(18)9(21-8)4-7(10(14)17)16-12(19)20/h1-3,7,9,16H,4H2,(H2,14,17)(H,15,18)(H,19,20). The summed E-state index contributed by atoms with van der Waals surface area (Å²) in [7, 11) is 0. The van der Waals surface area contributed by atoms with E-state index < -0.39 is 30.1 Å². The van der Waals surface area contributed by atoms with Crippen LogP contribution in [-0.2, 0) is 9.59 Å². The quantitative estimate of drug-likeness (QED) is 0.644. The van der Waals surface area contributed by atoms with Gasteiger partial charge in [-0.25, -0.2) is 4.79 Å². The van der Waals surface area contributed by atoms with Crippen molar-refractivity contribution in [2.24, 2.45) is 5.73 Å². The summed E-state index contributed by atoms with van der Waals surface area (Å²) in [6, 6.07) is 3.43. The molecule has 0 saturated heterocycles. The van der Waals surface area contributed by atoms with E-state index in [-0.39, 0.29) is 6.42 Å². The number of primary amides is 1. The number of amides is 3. The number of carbonyl (C=O) groups excluding carboxylic acids is 2. The van der Waals surface area contributed by atoms with Crippen molar-refractivity contribution >= 4 is 35.2 Å². The fourth-order valence-electron chi connectivity index (χ4n) is 1.89. The minimum absolute atomic E-state index is 0.213. The summed E-state index contributed by atoms with van der Waals surface area (Å²) in [5.41, 5.74) is 5.50. The van der Waals surface area contributed by atoms with E-state index in [4.69, 9.17) is 27.2 Å². The van der Waals surface area contributed by atoms with E-state index in [0.29, 0.717) is 16.5 Å². The summed E-state index contributed by atoms with van der Waals surface area (Å²) < 4.78 is 5.45. The number of nitrogens with two attached hydrogens (primary N) is 1. The zero-order chi connectivity index (χ0) is 15.6. The van der Waals surface area contributed by atoms with Crippen LogP contribution in [0, 0.1) is 0 Å². The fourth-order valence-corrected chi connectivity index (χ4v) is 2.06. The molecule has 0 saturated carbocycles. The van der Waals surface area contributed by atoms with E-state index >= 15 is 0 Å². The van der Waals surface area contributed by atoms with Gasteiger partial charge in [-0.15, -0.1) is 0 Å². The van der Waals surface area contributed by atoms with Gasteiger partial charge in [0.05, 0.1) is 5.69 Å². The van der Waals surface area contributed by atoms with E-state index in [9.17, 15) is 14.4 Å². The van der Waals surface area contributed by atoms with Crippen molar-refractivity contribution in [1.82, 2.24) is 5.32 Å². The van der Waals surface area contributed by atoms with Gasteiger partial charge in [0.25, 0.3) is 5.91 Å². The van der Waals surface area contributed by atoms with Gasteiger partial charge in [0, 0.05) is 11.4 Å². The Balaban J connectivity index is 2.14. The first-order valence-corrected chi connectivity index (χ1v) is 6.30. The molecule has 3 amide bonds. The summed E-state index contributed by atoms with van der Waals surface area (Å²) in [4.78, 5) is 33.7. The number of fused-ring (bicyclic) bond motifs is 1. The molecule has 21 heavy (non-hydrogen) atoms. The minimum atomic E-state index is -1.41. The smallest absolute Gasteiger partial charge is 0.405 e. The summed E-state index contributed by atoms with van der Waals surface area (Å²) in [5.74, 6) is -1.03. The van der Waals surface area contributed by atoms with Crippen molar-refractivity contribution < 1.29 is 24.2 Å². The summed E-state index contributed by atoms with van der Waals surface area (Å²) in [6.07, 6.45) is -2.67. The van der Waals surface area contributed by atoms with Crippen molar-refractivity contribution in [2.45, 2.75) is 18.6 Å². The van der Waals surface area contributed by atoms with Crippen LogP contribution < -0.4 is 21.1 Å². The fraction of sp³-hybridized carbons (Fsp3) is 0.250. The minimum Gasteiger partial charge on any atom is -0.478 e. The van der Waals surface area contributed by atoms with Crippen LogP contribution in [0.5, 0.6) is 5.75 Å². The molecule has 1 aromatic rings. The molecule has 2 unspecified atom stereocenters. The Hall–Kier alpha value is -2.48. The highest BCUT2D eigenvalue weighted by Gasteiger charge is 2.32. The van der Waals surface area contributed by atoms with Gasteiger partial charge >= 0.3 is 6.09 Å². The van der Waals surface area contributed by atoms with Crippen LogP contribution in [0.15, 0.2) is 18.2 Å². The zero-order valence-electron chi connectivity index (χ0n) is 10.6. The van der Waals surface area contributed by atoms with Crippen LogP contribution >= 0.6 is 11.6 Å². The van der Waals surface area contributed by atoms with Crippen LogP contribution in [0.2, 0.25) is 5.02 Å². The van der Waals surface area contributed by atoms with Crippen LogP contribution in [-0.4, -0.2) is 35.2 Å². The third-order valence-corrected chi connectivity index (χ3v) is 3.09. The maximum absolute atomic E-state index is 11.9. The lowest BCUT2D eigenvalue weighted by molar-refractivity contribution is -0.125. The van der Waals surface area contributed by atoms with Gasteiger partial charge in [0.15, 0.2) is 6.10 Å². The van der Waals surface area contributed by atoms with E-state index in [0.717, 1.165) is 0 Å². The molecular weight excluding hydrogens is 302 g/mol. The number of benzene rings is 1. The molecule has 0 radical (unpaired) electrons. The van der Waals surface area contributed by atoms with Gasteiger partial charge in [-0.3, -0.25) is 9.59 Å². The number of carboxylic acid groups (broad SMARTS) is 1. The maximum atomic E-state index is 11.9. The first kappa shape index (κ1) is 14.9. The summed E-state index contributed by atoms with van der Waals surface area (Å²) in [6.45, 7) is 0. The molecule has 1 aliphatic heterocycles. The molecule has 0 aliphatic carbocycles. The van der Waals surface area contributed by atoms with Crippen molar-refractivity contribution in [3.63, 3.8) is 0 Å². The van der Waals surface area contributed by atoms with Gasteiger partial charge in [0.1, 0.15) is 11.8 Å². The van der Waals surface area contributed by atoms with Gasteiger partial charge in [-0.05, 0) is 18.2 Å². The van der Waals surface area contributed by atoms with Crippen molar-refractivity contribution in [3.05, 3.63) is 23.2 Å². The van der Waals surface area contributed by atoms with Crippen molar-refractivity contribution in [1.29, 1.82) is 0 Å². The normalized spacial score (nSPS) is 18.0. The number of ether oxygens (including phenoxy) is 1. The number of hydrogen-bond acceptors (Lipinski definition) is 4. The molecule has 8 nitrogen and oxygen atoms in total. The molecule has 0 aromatic heterocycles. The number of rotatable bonds is 4. The monoisotopic (exact) mass is 313 g/mol. The van der Waals surface area contributed by atoms with E-state index in [1.165, 1.54) is 6.07 Å². The molecule has 9 heteroatoms. The molecule has 0 bridgehead atoms. The second-order valence-electron chi connectivity index (χ2n) is 4.38. The lowest BCUT2D eigenvalue weighted by Crippen LogP contribution is -2.49. The Kier molecular flexibility index (Phi) is 4.18. The van der Waals surface area contributed by atoms with Gasteiger partial charge in [-0.1, -0.05) is 11.6 Å². The predicted molar refractivity (Wildman–Crippen MR) is 73.3 cm³/mol. The number of carbonyl (C=O) groups is 3. The van der Waals surface area contributed by atoms with Crippen LogP contribution in [0.3, 0.4) is 0 Å². The zero-order valence-corrected chi connectivity index (χ0v) is 11.4. The maximum Gasteiger partial charge on any atom is 0.405 e. The molecule has 0 spiro atoms. The molecule has 0 fully saturated rings. The van der Waals surface area contributed by atoms with E-state index in [1.54, 1.807) is 12.1 Å². The van der Waals surface area contributed by atoms with Gasteiger partial charge < -0.3 is 26.2 Å². The molecule has 112 valence electrons. The Morgan fingerprint density at radius 1 is 1.52 bits per heavy atom. The van der Waals surface area contributed by atoms with Crippen molar-refractivity contribution in [2.75, 3.05) is 5.32 Å². The SMILES string of the molecule is NC(=O)C(CC1Oc2ccc(Cl)cc2NC1=O)NC(=O)O.